The minimum atomic E-state index is 0.679. The number of benzene rings is 1. The van der Waals surface area contributed by atoms with Crippen molar-refractivity contribution in [3.63, 3.8) is 0 Å². The number of hydrogen-bond donors (Lipinski definition) is 2. The maximum Gasteiger partial charge on any atom is 0.144 e. The van der Waals surface area contributed by atoms with Gasteiger partial charge in [-0.2, -0.15) is 0 Å². The molecule has 0 spiro atoms. The third kappa shape index (κ3) is 4.53. The summed E-state index contributed by atoms with van der Waals surface area (Å²) in [6, 6.07) is 5.80. The van der Waals surface area contributed by atoms with Crippen LogP contribution in [0.15, 0.2) is 18.2 Å². The van der Waals surface area contributed by atoms with Crippen molar-refractivity contribution >= 4 is 11.4 Å². The molecule has 0 atom stereocenters. The van der Waals surface area contributed by atoms with Crippen LogP contribution >= 0.6 is 0 Å². The molecule has 0 aliphatic rings. The summed E-state index contributed by atoms with van der Waals surface area (Å²) < 4.78 is 10.6. The normalized spacial score (nSPS) is 10.2. The number of nitrogens with one attached hydrogen (secondary N) is 1. The number of rotatable bonds is 8. The van der Waals surface area contributed by atoms with Gasteiger partial charge in [0.15, 0.2) is 0 Å². The third-order valence-electron chi connectivity index (χ3n) is 2.37. The fraction of sp³-hybridized carbons (Fsp3) is 0.538. The fourth-order valence-corrected chi connectivity index (χ4v) is 1.48. The van der Waals surface area contributed by atoms with Crippen LogP contribution < -0.4 is 15.8 Å². The van der Waals surface area contributed by atoms with Gasteiger partial charge in [0, 0.05) is 20.3 Å². The van der Waals surface area contributed by atoms with Gasteiger partial charge in [0.25, 0.3) is 0 Å². The van der Waals surface area contributed by atoms with Crippen LogP contribution in [-0.4, -0.2) is 26.9 Å². The molecule has 3 N–H and O–H groups in total. The summed E-state index contributed by atoms with van der Waals surface area (Å²) in [6.45, 7) is 4.36. The molecule has 0 bridgehead atoms. The lowest BCUT2D eigenvalue weighted by atomic mass is 10.2. The van der Waals surface area contributed by atoms with Crippen LogP contribution in [0.1, 0.15) is 19.8 Å². The molecule has 0 aliphatic carbocycles. The second kappa shape index (κ2) is 7.79. The van der Waals surface area contributed by atoms with Crippen LogP contribution in [0.4, 0.5) is 11.4 Å². The zero-order chi connectivity index (χ0) is 12.5. The Bertz CT molecular complexity index is 329. The molecule has 0 saturated carbocycles. The van der Waals surface area contributed by atoms with Gasteiger partial charge in [-0.15, -0.1) is 0 Å². The Morgan fingerprint density at radius 3 is 2.82 bits per heavy atom. The Morgan fingerprint density at radius 1 is 1.29 bits per heavy atom. The summed E-state index contributed by atoms with van der Waals surface area (Å²) in [6.07, 6.45) is 1.93. The molecular weight excluding hydrogens is 216 g/mol. The molecule has 0 unspecified atom stereocenters. The highest BCUT2D eigenvalue weighted by Crippen LogP contribution is 2.29. The first-order chi connectivity index (χ1) is 8.29. The predicted molar refractivity (Wildman–Crippen MR) is 71.6 cm³/mol. The molecule has 96 valence electrons. The second-order valence-corrected chi connectivity index (χ2v) is 3.84. The maximum absolute atomic E-state index is 6.02. The Hall–Kier alpha value is -1.42. The van der Waals surface area contributed by atoms with Crippen molar-refractivity contribution in [3.8, 4) is 5.75 Å². The number of hydrogen-bond acceptors (Lipinski definition) is 4. The van der Waals surface area contributed by atoms with Crippen molar-refractivity contribution in [1.29, 1.82) is 0 Å². The van der Waals surface area contributed by atoms with Crippen LogP contribution in [-0.2, 0) is 4.74 Å². The first-order valence-electron chi connectivity index (χ1n) is 6.03. The van der Waals surface area contributed by atoms with Gasteiger partial charge >= 0.3 is 0 Å². The minimum Gasteiger partial charge on any atom is -0.491 e. The molecule has 1 aromatic carbocycles. The molecule has 0 radical (unpaired) electrons. The molecule has 0 heterocycles. The number of nitrogens with two attached hydrogens (primary N) is 1. The van der Waals surface area contributed by atoms with Crippen LogP contribution in [0.3, 0.4) is 0 Å². The van der Waals surface area contributed by atoms with Gasteiger partial charge in [-0.05, 0) is 25.0 Å². The van der Waals surface area contributed by atoms with E-state index in [-0.39, 0.29) is 0 Å². The molecule has 0 amide bonds. The molecular formula is C13H22N2O2. The van der Waals surface area contributed by atoms with E-state index in [1.165, 1.54) is 0 Å². The summed E-state index contributed by atoms with van der Waals surface area (Å²) in [5.74, 6) is 0.753. The van der Waals surface area contributed by atoms with Gasteiger partial charge < -0.3 is 20.5 Å². The van der Waals surface area contributed by atoms with Crippen LogP contribution in [0.25, 0.3) is 0 Å². The van der Waals surface area contributed by atoms with E-state index in [1.54, 1.807) is 7.11 Å². The molecule has 4 nitrogen and oxygen atoms in total. The van der Waals surface area contributed by atoms with E-state index in [4.69, 9.17) is 15.2 Å². The summed E-state index contributed by atoms with van der Waals surface area (Å²) >= 11 is 0. The van der Waals surface area contributed by atoms with Gasteiger partial charge in [-0.3, -0.25) is 0 Å². The lowest BCUT2D eigenvalue weighted by Crippen LogP contribution is -2.08. The number of anilines is 2. The zero-order valence-corrected chi connectivity index (χ0v) is 10.7. The molecule has 1 aromatic rings. The number of para-hydroxylation sites is 1. The van der Waals surface area contributed by atoms with E-state index in [1.807, 2.05) is 18.2 Å². The average Bonchev–Trinajstić information content (AvgIpc) is 2.35. The Balaban J connectivity index is 2.53. The van der Waals surface area contributed by atoms with Crippen molar-refractivity contribution in [2.45, 2.75) is 19.8 Å². The molecule has 0 fully saturated rings. The van der Waals surface area contributed by atoms with Crippen LogP contribution in [0.5, 0.6) is 5.75 Å². The van der Waals surface area contributed by atoms with E-state index in [0.717, 1.165) is 37.4 Å². The SMILES string of the molecule is CCCOc1cccc(NCCCOC)c1N. The van der Waals surface area contributed by atoms with E-state index in [2.05, 4.69) is 12.2 Å². The summed E-state index contributed by atoms with van der Waals surface area (Å²) in [7, 11) is 1.70. The van der Waals surface area contributed by atoms with Crippen LogP contribution in [0, 0.1) is 0 Å². The predicted octanol–water partition coefficient (Wildman–Crippen LogP) is 2.51. The highest BCUT2D eigenvalue weighted by atomic mass is 16.5. The summed E-state index contributed by atoms with van der Waals surface area (Å²) in [5, 5.41) is 3.28. The van der Waals surface area contributed by atoms with Gasteiger partial charge in [-0.25, -0.2) is 0 Å². The van der Waals surface area contributed by atoms with E-state index >= 15 is 0 Å². The largest absolute Gasteiger partial charge is 0.491 e. The lowest BCUT2D eigenvalue weighted by molar-refractivity contribution is 0.198. The van der Waals surface area contributed by atoms with E-state index < -0.39 is 0 Å². The van der Waals surface area contributed by atoms with Crippen molar-refractivity contribution in [2.75, 3.05) is 37.9 Å². The van der Waals surface area contributed by atoms with Crippen molar-refractivity contribution in [3.05, 3.63) is 18.2 Å². The first-order valence-corrected chi connectivity index (χ1v) is 6.03. The average molecular weight is 238 g/mol. The van der Waals surface area contributed by atoms with Crippen LogP contribution in [0.2, 0.25) is 0 Å². The van der Waals surface area contributed by atoms with Crippen molar-refractivity contribution < 1.29 is 9.47 Å². The Morgan fingerprint density at radius 2 is 2.12 bits per heavy atom. The van der Waals surface area contributed by atoms with E-state index in [9.17, 15) is 0 Å². The quantitative estimate of drug-likeness (QED) is 0.539. The molecule has 1 rings (SSSR count). The van der Waals surface area contributed by atoms with Crippen molar-refractivity contribution in [2.24, 2.45) is 0 Å². The van der Waals surface area contributed by atoms with Gasteiger partial charge in [0.05, 0.1) is 18.0 Å². The van der Waals surface area contributed by atoms with Crippen molar-refractivity contribution in [1.82, 2.24) is 0 Å². The zero-order valence-electron chi connectivity index (χ0n) is 10.7. The second-order valence-electron chi connectivity index (χ2n) is 3.84. The molecule has 0 aliphatic heterocycles. The Kier molecular flexibility index (Phi) is 6.25. The highest BCUT2D eigenvalue weighted by molar-refractivity contribution is 5.72. The summed E-state index contributed by atoms with van der Waals surface area (Å²) in [5.41, 5.74) is 7.62. The molecule has 0 saturated heterocycles. The third-order valence-corrected chi connectivity index (χ3v) is 2.37. The topological polar surface area (TPSA) is 56.5 Å². The Labute approximate surface area is 103 Å². The van der Waals surface area contributed by atoms with E-state index in [0.29, 0.717) is 12.3 Å². The monoisotopic (exact) mass is 238 g/mol. The maximum atomic E-state index is 6.02. The minimum absolute atomic E-state index is 0.679. The smallest absolute Gasteiger partial charge is 0.144 e. The summed E-state index contributed by atoms with van der Waals surface area (Å²) in [4.78, 5) is 0. The standard InChI is InChI=1S/C13H22N2O2/c1-3-9-17-12-7-4-6-11(13(12)14)15-8-5-10-16-2/h4,6-7,15H,3,5,8-10,14H2,1-2H3. The first kappa shape index (κ1) is 13.6. The van der Waals surface area contributed by atoms with Gasteiger partial charge in [0.1, 0.15) is 5.75 Å². The number of methoxy groups -OCH3 is 1. The lowest BCUT2D eigenvalue weighted by Gasteiger charge is -2.13. The molecule has 4 heteroatoms. The highest BCUT2D eigenvalue weighted by Gasteiger charge is 2.04. The van der Waals surface area contributed by atoms with Gasteiger partial charge in [-0.1, -0.05) is 13.0 Å². The number of nitrogen functional groups attached to an aromatic ring is 1. The van der Waals surface area contributed by atoms with Gasteiger partial charge in [0.2, 0.25) is 0 Å². The number of ether oxygens (including phenoxy) is 2. The molecule has 17 heavy (non-hydrogen) atoms. The molecule has 0 aromatic heterocycles. The fourth-order valence-electron chi connectivity index (χ4n) is 1.48.